The van der Waals surface area contributed by atoms with Gasteiger partial charge >= 0.3 is 0 Å². The van der Waals surface area contributed by atoms with E-state index in [2.05, 4.69) is 24.3 Å². The number of fused-ring (bicyclic) bond motifs is 3. The first kappa shape index (κ1) is 9.77. The Balaban J connectivity index is 2.23. The molecule has 0 aliphatic heterocycles. The van der Waals surface area contributed by atoms with Crippen molar-refractivity contribution in [2.75, 3.05) is 0 Å². The lowest BCUT2D eigenvalue weighted by molar-refractivity contribution is 0.944. The third-order valence-corrected chi connectivity index (χ3v) is 3.21. The molecular formula is C14H10B2. The summed E-state index contributed by atoms with van der Waals surface area (Å²) >= 11 is 0. The zero-order valence-electron chi connectivity index (χ0n) is 9.03. The van der Waals surface area contributed by atoms with Crippen molar-refractivity contribution >= 4 is 26.6 Å². The van der Waals surface area contributed by atoms with E-state index in [1.165, 1.54) is 22.3 Å². The highest BCUT2D eigenvalue weighted by Crippen LogP contribution is 2.31. The van der Waals surface area contributed by atoms with Gasteiger partial charge in [0.15, 0.2) is 0 Å². The molecule has 2 aromatic carbocycles. The van der Waals surface area contributed by atoms with Crippen LogP contribution in [0.2, 0.25) is 0 Å². The maximum absolute atomic E-state index is 5.81. The molecule has 0 N–H and O–H groups in total. The van der Waals surface area contributed by atoms with Crippen molar-refractivity contribution in [2.45, 2.75) is 12.8 Å². The number of rotatable bonds is 0. The molecule has 0 atom stereocenters. The van der Waals surface area contributed by atoms with E-state index in [0.717, 1.165) is 23.8 Å². The second kappa shape index (κ2) is 3.55. The summed E-state index contributed by atoms with van der Waals surface area (Å²) in [5.41, 5.74) is 6.98. The molecular weight excluding hydrogens is 190 g/mol. The Bertz CT molecular complexity index is 507. The van der Waals surface area contributed by atoms with Gasteiger partial charge in [-0.1, -0.05) is 47.3 Å². The molecule has 72 valence electrons. The molecule has 16 heavy (non-hydrogen) atoms. The van der Waals surface area contributed by atoms with Crippen LogP contribution in [-0.4, -0.2) is 15.7 Å². The summed E-state index contributed by atoms with van der Waals surface area (Å²) in [4.78, 5) is 0. The molecule has 0 heterocycles. The van der Waals surface area contributed by atoms with Crippen molar-refractivity contribution in [3.8, 4) is 11.1 Å². The molecule has 0 aromatic heterocycles. The normalized spacial score (nSPS) is 13.0. The highest BCUT2D eigenvalue weighted by Gasteiger charge is 2.15. The summed E-state index contributed by atoms with van der Waals surface area (Å²) in [6.45, 7) is 0. The van der Waals surface area contributed by atoms with Crippen molar-refractivity contribution in [3.05, 3.63) is 47.5 Å². The second-order valence-electron chi connectivity index (χ2n) is 4.33. The van der Waals surface area contributed by atoms with E-state index in [1.807, 2.05) is 12.1 Å². The van der Waals surface area contributed by atoms with Crippen molar-refractivity contribution in [2.24, 2.45) is 0 Å². The van der Waals surface area contributed by atoms with Gasteiger partial charge in [-0.2, -0.15) is 0 Å². The molecule has 4 radical (unpaired) electrons. The van der Waals surface area contributed by atoms with Crippen LogP contribution in [0.5, 0.6) is 0 Å². The SMILES string of the molecule is [B]c1ccc2c(c1)CCc1cc([B])ccc1-2. The standard InChI is InChI=1S/C14H10B2/c15-11-3-5-13-9(7-11)1-2-10-8-12(16)4-6-14(10)13/h3-8H,1-2H2. The molecule has 0 amide bonds. The Morgan fingerprint density at radius 1 is 0.688 bits per heavy atom. The molecule has 0 saturated carbocycles. The van der Waals surface area contributed by atoms with E-state index in [0.29, 0.717) is 0 Å². The van der Waals surface area contributed by atoms with Gasteiger partial charge in [-0.25, -0.2) is 0 Å². The van der Waals surface area contributed by atoms with Gasteiger partial charge in [-0.15, -0.1) is 0 Å². The first-order chi connectivity index (χ1) is 7.74. The fraction of sp³-hybridized carbons (Fsp3) is 0.143. The smallest absolute Gasteiger partial charge is 0.0964 e. The molecule has 1 aliphatic carbocycles. The maximum Gasteiger partial charge on any atom is 0.113 e. The van der Waals surface area contributed by atoms with Crippen molar-refractivity contribution in [3.63, 3.8) is 0 Å². The minimum atomic E-state index is 0.845. The lowest BCUT2D eigenvalue weighted by Crippen LogP contribution is -2.12. The fourth-order valence-corrected chi connectivity index (χ4v) is 2.44. The summed E-state index contributed by atoms with van der Waals surface area (Å²) in [6.07, 6.45) is 2.10. The van der Waals surface area contributed by atoms with Crippen LogP contribution in [0, 0.1) is 0 Å². The van der Waals surface area contributed by atoms with Crippen LogP contribution in [0.25, 0.3) is 11.1 Å². The van der Waals surface area contributed by atoms with Crippen LogP contribution in [-0.2, 0) is 12.8 Å². The molecule has 0 spiro atoms. The average molecular weight is 200 g/mol. The largest absolute Gasteiger partial charge is 0.113 e. The van der Waals surface area contributed by atoms with E-state index >= 15 is 0 Å². The third kappa shape index (κ3) is 1.49. The Labute approximate surface area is 98.5 Å². The predicted octanol–water partition coefficient (Wildman–Crippen LogP) is 1.04. The van der Waals surface area contributed by atoms with Crippen molar-refractivity contribution in [1.82, 2.24) is 0 Å². The summed E-state index contributed by atoms with van der Waals surface area (Å²) in [5.74, 6) is 0. The molecule has 3 rings (SSSR count). The van der Waals surface area contributed by atoms with E-state index in [9.17, 15) is 0 Å². The van der Waals surface area contributed by atoms with Crippen molar-refractivity contribution in [1.29, 1.82) is 0 Å². The van der Waals surface area contributed by atoms with E-state index in [4.69, 9.17) is 15.7 Å². The quantitative estimate of drug-likeness (QED) is 0.557. The van der Waals surface area contributed by atoms with Gasteiger partial charge < -0.3 is 0 Å². The predicted molar refractivity (Wildman–Crippen MR) is 70.1 cm³/mol. The minimum Gasteiger partial charge on any atom is -0.0964 e. The second-order valence-corrected chi connectivity index (χ2v) is 4.33. The molecule has 1 aliphatic rings. The lowest BCUT2D eigenvalue weighted by atomic mass is 9.80. The van der Waals surface area contributed by atoms with Crippen LogP contribution in [0.3, 0.4) is 0 Å². The number of hydrogen-bond acceptors (Lipinski definition) is 0. The van der Waals surface area contributed by atoms with Crippen LogP contribution >= 0.6 is 0 Å². The van der Waals surface area contributed by atoms with Gasteiger partial charge in [0.1, 0.15) is 15.7 Å². The summed E-state index contributed by atoms with van der Waals surface area (Å²) in [6, 6.07) is 12.3. The highest BCUT2D eigenvalue weighted by atomic mass is 14.2. The molecule has 0 saturated heterocycles. The maximum atomic E-state index is 5.81. The number of aryl methyl sites for hydroxylation is 2. The number of hydrogen-bond donors (Lipinski definition) is 0. The molecule has 0 nitrogen and oxygen atoms in total. The molecule has 0 fully saturated rings. The van der Waals surface area contributed by atoms with E-state index in [1.54, 1.807) is 0 Å². The fourth-order valence-electron chi connectivity index (χ4n) is 2.44. The first-order valence-electron chi connectivity index (χ1n) is 5.51. The Morgan fingerprint density at radius 2 is 1.12 bits per heavy atom. The molecule has 2 heteroatoms. The van der Waals surface area contributed by atoms with E-state index < -0.39 is 0 Å². The van der Waals surface area contributed by atoms with Gasteiger partial charge in [0.25, 0.3) is 0 Å². The lowest BCUT2D eigenvalue weighted by Gasteiger charge is -2.20. The topological polar surface area (TPSA) is 0 Å². The average Bonchev–Trinajstić information content (AvgIpc) is 2.28. The van der Waals surface area contributed by atoms with Crippen molar-refractivity contribution < 1.29 is 0 Å². The summed E-state index contributed by atoms with van der Waals surface area (Å²) in [5, 5.41) is 0. The Hall–Kier alpha value is -1.43. The zero-order chi connectivity index (χ0) is 11.1. The summed E-state index contributed by atoms with van der Waals surface area (Å²) in [7, 11) is 11.6. The van der Waals surface area contributed by atoms with Crippen LogP contribution < -0.4 is 10.9 Å². The number of benzene rings is 2. The van der Waals surface area contributed by atoms with Crippen LogP contribution in [0.4, 0.5) is 0 Å². The first-order valence-corrected chi connectivity index (χ1v) is 5.51. The molecule has 0 unspecified atom stereocenters. The third-order valence-electron chi connectivity index (χ3n) is 3.21. The van der Waals surface area contributed by atoms with E-state index in [-0.39, 0.29) is 0 Å². The molecule has 2 aromatic rings. The van der Waals surface area contributed by atoms with Gasteiger partial charge in [0, 0.05) is 0 Å². The van der Waals surface area contributed by atoms with Gasteiger partial charge in [0.05, 0.1) is 0 Å². The highest BCUT2D eigenvalue weighted by molar-refractivity contribution is 6.33. The Kier molecular flexibility index (Phi) is 2.17. The van der Waals surface area contributed by atoms with Gasteiger partial charge in [-0.05, 0) is 35.1 Å². The monoisotopic (exact) mass is 200 g/mol. The minimum absolute atomic E-state index is 0.845. The Morgan fingerprint density at radius 3 is 1.56 bits per heavy atom. The summed E-state index contributed by atoms with van der Waals surface area (Å²) < 4.78 is 0. The van der Waals surface area contributed by atoms with Crippen LogP contribution in [0.15, 0.2) is 36.4 Å². The zero-order valence-corrected chi connectivity index (χ0v) is 9.03. The van der Waals surface area contributed by atoms with Gasteiger partial charge in [-0.3, -0.25) is 0 Å². The molecule has 0 bridgehead atoms. The van der Waals surface area contributed by atoms with Crippen LogP contribution in [0.1, 0.15) is 11.1 Å². The van der Waals surface area contributed by atoms with Gasteiger partial charge in [0.2, 0.25) is 0 Å².